The van der Waals surface area contributed by atoms with Crippen molar-refractivity contribution in [1.29, 1.82) is 0 Å². The number of nitrogens with one attached hydrogen (secondary N) is 7. The summed E-state index contributed by atoms with van der Waals surface area (Å²) in [6, 6.07) is 1.85. The number of aliphatic hydroxyl groups excluding tert-OH is 3. The molecule has 19 heteroatoms. The summed E-state index contributed by atoms with van der Waals surface area (Å²) in [5, 5.41) is 88.3. The van der Waals surface area contributed by atoms with Crippen LogP contribution in [0.5, 0.6) is 0 Å². The van der Waals surface area contributed by atoms with Crippen molar-refractivity contribution in [2.75, 3.05) is 91.6 Å². The minimum Gasteiger partial charge on any atom is -0.481 e. The minimum absolute atomic E-state index is 0.0395. The number of nitrogens with two attached hydrogens (primary N) is 3. The van der Waals surface area contributed by atoms with Gasteiger partial charge in [-0.05, 0) is 442 Å². The fraction of sp³-hybridized carbons (Fsp3) is 0.968. The molecular weight excluding hydrogens is 1410 g/mol. The van der Waals surface area contributed by atoms with Gasteiger partial charge < -0.3 is 85.1 Å². The van der Waals surface area contributed by atoms with Crippen molar-refractivity contribution in [2.45, 2.75) is 343 Å². The third kappa shape index (κ3) is 21.9. The second kappa shape index (κ2) is 43.1. The molecule has 12 fully saturated rings. The minimum atomic E-state index is -0.696. The zero-order chi connectivity index (χ0) is 81.3. The molecule has 0 aromatic carbocycles. The van der Waals surface area contributed by atoms with Crippen molar-refractivity contribution in [2.24, 2.45) is 156 Å². The van der Waals surface area contributed by atoms with E-state index in [1.807, 2.05) is 0 Å². The van der Waals surface area contributed by atoms with E-state index < -0.39 is 17.9 Å². The standard InChI is InChI=1S/2C34H64N4O3.C26H46N2O3/c1-24(8-13-32(40)41)28-11-12-29-27-10-9-25-22-26(14-15-33(25,2)30(27)23-31(39)34(28,29)3)38-21-7-20-37-18-5-4-17-36-19-6-16-35;1-24(8-11-31(40)41)27-9-10-28-32-29(13-15-34(27,28)3)33(2)14-12-26(22-25(33)23-30(32)39)38-21-7-20-37-18-5-4-17-36-19-6-16-35;1-16(4-9-24(30)31)20-7-8-21-19-6-5-17-14-18(28-13-12-27)10-11-25(17,2)22(19)15-23(29)26(20,21)3/h24-31,36-39H,4-23,35H2,1-3H3,(H,40,41);24-30,32,36-39H,4-23,35H2,1-3H3,(H,40,41);16-23,28-29H,4-15,27H2,1-3H3,(H,30,31)/t24?,25-,26-,27?,28-,29?,30?,31+,33+,34-;24?,25-,26-,27+,28?,29?,30+,32?,33-,34+;16?,17-,18-,19?,20-,21?,22?,23+,25+,26-/m101/s1. The molecule has 113 heavy (non-hydrogen) atoms. The first-order valence-electron chi connectivity index (χ1n) is 48.0. The van der Waals surface area contributed by atoms with Crippen molar-refractivity contribution in [3.8, 4) is 0 Å². The third-order valence-corrected chi connectivity index (χ3v) is 36.5. The van der Waals surface area contributed by atoms with Crippen LogP contribution in [-0.2, 0) is 14.4 Å². The highest BCUT2D eigenvalue weighted by atomic mass is 16.4. The first-order chi connectivity index (χ1) is 54.1. The average Bonchev–Trinajstić information content (AvgIpc) is 1.68. The fourth-order valence-electron chi connectivity index (χ4n) is 30.1. The van der Waals surface area contributed by atoms with Crippen molar-refractivity contribution < 1.29 is 45.0 Å². The van der Waals surface area contributed by atoms with Gasteiger partial charge in [-0.2, -0.15) is 0 Å². The lowest BCUT2D eigenvalue weighted by Gasteiger charge is -2.62. The van der Waals surface area contributed by atoms with Crippen LogP contribution in [0.1, 0.15) is 306 Å². The average molecular weight is 1590 g/mol. The highest BCUT2D eigenvalue weighted by Gasteiger charge is 2.67. The molecule has 0 bridgehead atoms. The van der Waals surface area contributed by atoms with Gasteiger partial charge in [-0.15, -0.1) is 0 Å². The summed E-state index contributed by atoms with van der Waals surface area (Å²) in [6.45, 7) is 35.7. The van der Waals surface area contributed by atoms with Crippen LogP contribution in [0.15, 0.2) is 0 Å². The van der Waals surface area contributed by atoms with Crippen LogP contribution in [0.4, 0.5) is 0 Å². The molecule has 30 atom stereocenters. The summed E-state index contributed by atoms with van der Waals surface area (Å²) < 4.78 is 0. The number of hydrogen-bond donors (Lipinski definition) is 16. The molecule has 12 saturated carbocycles. The molecule has 12 aliphatic carbocycles. The van der Waals surface area contributed by atoms with Crippen molar-refractivity contribution in [3.63, 3.8) is 0 Å². The molecule has 19 nitrogen and oxygen atoms in total. The lowest BCUT2D eigenvalue weighted by atomic mass is 9.43. The van der Waals surface area contributed by atoms with Crippen LogP contribution in [0.2, 0.25) is 0 Å². The molecule has 0 aromatic heterocycles. The summed E-state index contributed by atoms with van der Waals surface area (Å²) in [5.74, 6) is 8.42. The van der Waals surface area contributed by atoms with Crippen LogP contribution in [0.25, 0.3) is 0 Å². The Morgan fingerprint density at radius 3 is 1.10 bits per heavy atom. The first-order valence-corrected chi connectivity index (χ1v) is 48.0. The molecule has 0 aliphatic heterocycles. The number of carbonyl (C=O) groups is 3. The quantitative estimate of drug-likeness (QED) is 0.0253. The van der Waals surface area contributed by atoms with Gasteiger partial charge in [0.05, 0.1) is 18.3 Å². The number of carboxylic acids is 3. The molecule has 12 rings (SSSR count). The molecule has 0 saturated heterocycles. The molecule has 0 spiro atoms. The van der Waals surface area contributed by atoms with Crippen LogP contribution >= 0.6 is 0 Å². The zero-order valence-corrected chi connectivity index (χ0v) is 73.3. The van der Waals surface area contributed by atoms with Crippen molar-refractivity contribution >= 4 is 17.9 Å². The molecule has 0 radical (unpaired) electrons. The molecule has 12 aliphatic rings. The van der Waals surface area contributed by atoms with Crippen LogP contribution in [0, 0.1) is 139 Å². The van der Waals surface area contributed by atoms with Gasteiger partial charge in [0.1, 0.15) is 0 Å². The Hall–Kier alpha value is -2.11. The molecule has 0 aromatic rings. The van der Waals surface area contributed by atoms with E-state index in [9.17, 15) is 39.9 Å². The normalized spacial score (nSPS) is 41.5. The van der Waals surface area contributed by atoms with Gasteiger partial charge in [-0.3, -0.25) is 14.4 Å². The Balaban J connectivity index is 0.000000182. The second-order valence-corrected chi connectivity index (χ2v) is 42.1. The van der Waals surface area contributed by atoms with E-state index in [1.54, 1.807) is 0 Å². The number of fused-ring (bicyclic) bond motifs is 15. The van der Waals surface area contributed by atoms with Crippen LogP contribution in [0.3, 0.4) is 0 Å². The highest BCUT2D eigenvalue weighted by Crippen LogP contribution is 2.72. The van der Waals surface area contributed by atoms with Gasteiger partial charge >= 0.3 is 17.9 Å². The van der Waals surface area contributed by atoms with Crippen LogP contribution in [-0.4, -0.2) is 177 Å². The second-order valence-electron chi connectivity index (χ2n) is 42.1. The Kier molecular flexibility index (Phi) is 35.5. The largest absolute Gasteiger partial charge is 0.481 e. The predicted molar refractivity (Wildman–Crippen MR) is 459 cm³/mol. The van der Waals surface area contributed by atoms with Gasteiger partial charge in [0.15, 0.2) is 0 Å². The van der Waals surface area contributed by atoms with Crippen molar-refractivity contribution in [1.82, 2.24) is 37.2 Å². The summed E-state index contributed by atoms with van der Waals surface area (Å²) in [4.78, 5) is 33.6. The lowest BCUT2D eigenvalue weighted by molar-refractivity contribution is -0.170. The van der Waals surface area contributed by atoms with E-state index in [4.69, 9.17) is 22.3 Å². The van der Waals surface area contributed by atoms with E-state index in [0.29, 0.717) is 124 Å². The molecule has 12 unspecified atom stereocenters. The SMILES string of the molecule is CC(CCC(=O)O)[C@H]1CCC2C3C(CC[C@@]21C)[C@@]1(C)CC[C@H](NCCCNCCCCNCCCN)C[C@H]1C[C@H]3O.CC(CCC(=O)O)[C@H]1CCC2C3CC[C@@H]4C[C@H](NCCCNCCCCNCCCN)CC[C@]4(C)C3C[C@H](O)[C@@]21C.CC(CCC(=O)O)[C@H]1CCC2C3CC[C@@H]4C[C@H](NCCN)CC[C@]4(C)C3C[C@H](O)[C@@]21C. The predicted octanol–water partition coefficient (Wildman–Crippen LogP) is 13.6. The monoisotopic (exact) mass is 1590 g/mol. The Morgan fingerprint density at radius 2 is 0.690 bits per heavy atom. The first kappa shape index (κ1) is 93.2. The zero-order valence-electron chi connectivity index (χ0n) is 73.3. The van der Waals surface area contributed by atoms with Crippen LogP contribution < -0.4 is 54.4 Å². The van der Waals surface area contributed by atoms with E-state index in [-0.39, 0.29) is 53.8 Å². The Bertz CT molecular complexity index is 2860. The number of hydrogen-bond acceptors (Lipinski definition) is 16. The maximum Gasteiger partial charge on any atom is 0.303 e. The van der Waals surface area contributed by atoms with Gasteiger partial charge in [0.25, 0.3) is 0 Å². The molecule has 0 heterocycles. The summed E-state index contributed by atoms with van der Waals surface area (Å²) >= 11 is 0. The highest BCUT2D eigenvalue weighted by molar-refractivity contribution is 5.67. The van der Waals surface area contributed by atoms with Gasteiger partial charge in [-0.25, -0.2) is 0 Å². The summed E-state index contributed by atoms with van der Waals surface area (Å²) in [5.41, 5.74) is 18.0. The lowest BCUT2D eigenvalue weighted by Crippen LogP contribution is -2.59. The Morgan fingerprint density at radius 1 is 0.345 bits per heavy atom. The van der Waals surface area contributed by atoms with Gasteiger partial charge in [0, 0.05) is 50.5 Å². The third-order valence-electron chi connectivity index (χ3n) is 36.5. The number of aliphatic hydroxyl groups is 3. The Labute approximate surface area is 687 Å². The fourth-order valence-corrected chi connectivity index (χ4v) is 30.1. The topological polar surface area (TPSA) is 335 Å². The van der Waals surface area contributed by atoms with Gasteiger partial charge in [0.2, 0.25) is 0 Å². The van der Waals surface area contributed by atoms with E-state index >= 15 is 0 Å². The van der Waals surface area contributed by atoms with E-state index in [2.05, 4.69) is 99.5 Å². The number of unbranched alkanes of at least 4 members (excludes halogenated alkanes) is 2. The molecule has 19 N–H and O–H groups in total. The smallest absolute Gasteiger partial charge is 0.303 e. The van der Waals surface area contributed by atoms with E-state index in [1.165, 1.54) is 161 Å². The number of carboxylic acid groups (broad SMARTS) is 3. The molecule has 654 valence electrons. The summed E-state index contributed by atoms with van der Waals surface area (Å²) in [7, 11) is 0. The van der Waals surface area contributed by atoms with Gasteiger partial charge in [-0.1, -0.05) is 62.3 Å². The van der Waals surface area contributed by atoms with Crippen molar-refractivity contribution in [3.05, 3.63) is 0 Å². The maximum atomic E-state index is 11.8. The maximum absolute atomic E-state index is 11.8. The number of rotatable bonds is 41. The summed E-state index contributed by atoms with van der Waals surface area (Å²) in [6.07, 6.45) is 41.1. The number of aliphatic carboxylic acids is 3. The molecular formula is C94H174N10O9. The molecule has 0 amide bonds. The van der Waals surface area contributed by atoms with E-state index in [0.717, 1.165) is 173 Å².